The van der Waals surface area contributed by atoms with Crippen molar-refractivity contribution in [2.75, 3.05) is 7.05 Å². The topological polar surface area (TPSA) is 44.9 Å². The molecule has 2 aromatic rings. The quantitative estimate of drug-likeness (QED) is 0.742. The fraction of sp³-hybridized carbons (Fsp3) is 0.125. The Balaban J connectivity index is 2.26. The van der Waals surface area contributed by atoms with Crippen molar-refractivity contribution in [3.63, 3.8) is 0 Å². The number of aromatic nitrogens is 2. The molecule has 1 aromatic carbocycles. The molecule has 20 heavy (non-hydrogen) atoms. The lowest BCUT2D eigenvalue weighted by Gasteiger charge is -2.19. The minimum atomic E-state index is 0.576. The van der Waals surface area contributed by atoms with E-state index in [2.05, 4.69) is 11.1 Å². The summed E-state index contributed by atoms with van der Waals surface area (Å²) in [6.07, 6.45) is 7.72. The molecule has 1 aromatic heterocycles. The highest BCUT2D eigenvalue weighted by Crippen LogP contribution is 2.25. The number of aryl methyl sites for hydroxylation is 1. The SMILES string of the molecule is CN1C=CC=CC1=C(C#N)c1nc2ccccc2n1C. The van der Waals surface area contributed by atoms with Crippen LogP contribution in [0.15, 0.2) is 54.4 Å². The van der Waals surface area contributed by atoms with Gasteiger partial charge >= 0.3 is 0 Å². The molecule has 0 N–H and O–H groups in total. The number of imidazole rings is 1. The van der Waals surface area contributed by atoms with Crippen molar-refractivity contribution in [2.45, 2.75) is 0 Å². The van der Waals surface area contributed by atoms with E-state index in [1.54, 1.807) is 0 Å². The Morgan fingerprint density at radius 2 is 2.00 bits per heavy atom. The third-order valence-electron chi connectivity index (χ3n) is 3.43. The van der Waals surface area contributed by atoms with Crippen molar-refractivity contribution in [1.82, 2.24) is 14.5 Å². The van der Waals surface area contributed by atoms with Crippen molar-refractivity contribution in [2.24, 2.45) is 7.05 Å². The van der Waals surface area contributed by atoms with Crippen LogP contribution < -0.4 is 0 Å². The summed E-state index contributed by atoms with van der Waals surface area (Å²) in [6, 6.07) is 10.2. The average molecular weight is 262 g/mol. The maximum Gasteiger partial charge on any atom is 0.153 e. The molecular formula is C16H14N4. The van der Waals surface area contributed by atoms with Crippen LogP contribution in [0, 0.1) is 11.3 Å². The molecule has 0 amide bonds. The van der Waals surface area contributed by atoms with Crippen LogP contribution in [0.1, 0.15) is 5.82 Å². The molecule has 0 radical (unpaired) electrons. The molecule has 0 aliphatic carbocycles. The van der Waals surface area contributed by atoms with E-state index < -0.39 is 0 Å². The van der Waals surface area contributed by atoms with Crippen LogP contribution in [-0.2, 0) is 7.05 Å². The summed E-state index contributed by atoms with van der Waals surface area (Å²) in [6.45, 7) is 0. The Morgan fingerprint density at radius 1 is 1.20 bits per heavy atom. The highest BCUT2D eigenvalue weighted by atomic mass is 15.1. The van der Waals surface area contributed by atoms with Crippen molar-refractivity contribution >= 4 is 16.6 Å². The number of allylic oxidation sites excluding steroid dienone is 4. The lowest BCUT2D eigenvalue weighted by molar-refractivity contribution is 0.586. The smallest absolute Gasteiger partial charge is 0.153 e. The number of hydrogen-bond donors (Lipinski definition) is 0. The third kappa shape index (κ3) is 1.81. The van der Waals surface area contributed by atoms with Crippen LogP contribution in [0.4, 0.5) is 0 Å². The fourth-order valence-corrected chi connectivity index (χ4v) is 2.37. The van der Waals surface area contributed by atoms with Crippen LogP contribution in [0.5, 0.6) is 0 Å². The molecule has 0 spiro atoms. The predicted octanol–water partition coefficient (Wildman–Crippen LogP) is 2.82. The predicted molar refractivity (Wildman–Crippen MR) is 79.3 cm³/mol. The van der Waals surface area contributed by atoms with Crippen molar-refractivity contribution in [1.29, 1.82) is 5.26 Å². The van der Waals surface area contributed by atoms with Gasteiger partial charge in [-0.25, -0.2) is 4.98 Å². The normalized spacial score (nSPS) is 16.6. The van der Waals surface area contributed by atoms with Crippen LogP contribution in [0.25, 0.3) is 16.6 Å². The van der Waals surface area contributed by atoms with Gasteiger partial charge in [-0.1, -0.05) is 18.2 Å². The summed E-state index contributed by atoms with van der Waals surface area (Å²) in [5.41, 5.74) is 3.35. The maximum atomic E-state index is 9.55. The van der Waals surface area contributed by atoms with Crippen LogP contribution >= 0.6 is 0 Å². The van der Waals surface area contributed by atoms with Gasteiger partial charge in [-0.2, -0.15) is 5.26 Å². The summed E-state index contributed by atoms with van der Waals surface area (Å²) in [5, 5.41) is 9.55. The molecule has 3 rings (SSSR count). The van der Waals surface area contributed by atoms with Crippen molar-refractivity contribution < 1.29 is 0 Å². The van der Waals surface area contributed by atoms with Gasteiger partial charge in [0.2, 0.25) is 0 Å². The van der Waals surface area contributed by atoms with Gasteiger partial charge in [0, 0.05) is 20.3 Å². The van der Waals surface area contributed by atoms with Gasteiger partial charge < -0.3 is 9.47 Å². The lowest BCUT2D eigenvalue weighted by Crippen LogP contribution is -2.13. The molecular weight excluding hydrogens is 248 g/mol. The number of fused-ring (bicyclic) bond motifs is 1. The van der Waals surface area contributed by atoms with Crippen LogP contribution in [0.3, 0.4) is 0 Å². The minimum Gasteiger partial charge on any atom is -0.350 e. The molecule has 0 saturated carbocycles. The first-order chi connectivity index (χ1) is 9.72. The van der Waals surface area contributed by atoms with Gasteiger partial charge in [0.1, 0.15) is 11.6 Å². The van der Waals surface area contributed by atoms with Gasteiger partial charge in [0.25, 0.3) is 0 Å². The van der Waals surface area contributed by atoms with E-state index in [4.69, 9.17) is 0 Å². The Labute approximate surface area is 117 Å². The highest BCUT2D eigenvalue weighted by Gasteiger charge is 2.17. The fourth-order valence-electron chi connectivity index (χ4n) is 2.37. The van der Waals surface area contributed by atoms with Crippen molar-refractivity contribution in [3.8, 4) is 6.07 Å². The van der Waals surface area contributed by atoms with E-state index in [0.29, 0.717) is 11.4 Å². The van der Waals surface area contributed by atoms with Gasteiger partial charge in [-0.3, -0.25) is 0 Å². The molecule has 0 saturated heterocycles. The van der Waals surface area contributed by atoms with Gasteiger partial charge in [-0.05, 0) is 24.3 Å². The second-order valence-electron chi connectivity index (χ2n) is 4.67. The molecule has 2 heterocycles. The molecule has 1 aliphatic rings. The number of rotatable bonds is 1. The van der Waals surface area contributed by atoms with Gasteiger partial charge in [-0.15, -0.1) is 0 Å². The van der Waals surface area contributed by atoms with E-state index in [1.807, 2.05) is 72.3 Å². The molecule has 0 unspecified atom stereocenters. The summed E-state index contributed by atoms with van der Waals surface area (Å²) in [4.78, 5) is 6.52. The average Bonchev–Trinajstić information content (AvgIpc) is 2.80. The second kappa shape index (κ2) is 4.71. The first kappa shape index (κ1) is 12.2. The Kier molecular flexibility index (Phi) is 2.88. The molecule has 0 bridgehead atoms. The van der Waals surface area contributed by atoms with E-state index in [9.17, 15) is 5.26 Å². The van der Waals surface area contributed by atoms with Crippen LogP contribution in [0.2, 0.25) is 0 Å². The molecule has 1 aliphatic heterocycles. The van der Waals surface area contributed by atoms with E-state index in [-0.39, 0.29) is 0 Å². The first-order valence-electron chi connectivity index (χ1n) is 6.36. The zero-order chi connectivity index (χ0) is 14.1. The molecule has 4 heteroatoms. The van der Waals surface area contributed by atoms with Crippen molar-refractivity contribution in [3.05, 3.63) is 60.2 Å². The summed E-state index contributed by atoms with van der Waals surface area (Å²) >= 11 is 0. The van der Waals surface area contributed by atoms with E-state index in [0.717, 1.165) is 16.7 Å². The van der Waals surface area contributed by atoms with E-state index in [1.165, 1.54) is 0 Å². The molecule has 4 nitrogen and oxygen atoms in total. The molecule has 0 atom stereocenters. The number of hydrogen-bond acceptors (Lipinski definition) is 3. The summed E-state index contributed by atoms with van der Waals surface area (Å²) < 4.78 is 1.96. The Hall–Kier alpha value is -2.80. The molecule has 98 valence electrons. The number of para-hydroxylation sites is 2. The maximum absolute atomic E-state index is 9.55. The second-order valence-corrected chi connectivity index (χ2v) is 4.67. The number of nitriles is 1. The number of nitrogens with zero attached hydrogens (tertiary/aromatic N) is 4. The summed E-state index contributed by atoms with van der Waals surface area (Å²) in [5.74, 6) is 0.690. The highest BCUT2D eigenvalue weighted by molar-refractivity contribution is 5.85. The minimum absolute atomic E-state index is 0.576. The van der Waals surface area contributed by atoms with Crippen LogP contribution in [-0.4, -0.2) is 21.5 Å². The Bertz CT molecular complexity index is 799. The summed E-state index contributed by atoms with van der Waals surface area (Å²) in [7, 11) is 3.86. The van der Waals surface area contributed by atoms with Gasteiger partial charge in [0.15, 0.2) is 5.82 Å². The lowest BCUT2D eigenvalue weighted by atomic mass is 10.1. The zero-order valence-electron chi connectivity index (χ0n) is 11.4. The zero-order valence-corrected chi connectivity index (χ0v) is 11.4. The van der Waals surface area contributed by atoms with E-state index >= 15 is 0 Å². The monoisotopic (exact) mass is 262 g/mol. The Morgan fingerprint density at radius 3 is 2.70 bits per heavy atom. The largest absolute Gasteiger partial charge is 0.350 e. The first-order valence-corrected chi connectivity index (χ1v) is 6.36. The molecule has 0 fully saturated rings. The third-order valence-corrected chi connectivity index (χ3v) is 3.43. The standard InChI is InChI=1S/C16H14N4/c1-19-10-6-5-8-14(19)12(11-17)16-18-13-7-3-4-9-15(13)20(16)2/h3-10H,1-2H3. The number of likely N-dealkylation sites (N-methyl/N-ethyl adjacent to an activating group) is 1. The van der Waals surface area contributed by atoms with Gasteiger partial charge in [0.05, 0.1) is 16.7 Å². The number of benzene rings is 1.